The van der Waals surface area contributed by atoms with Crippen molar-refractivity contribution in [3.63, 3.8) is 0 Å². The molecule has 0 aliphatic heterocycles. The van der Waals surface area contributed by atoms with Gasteiger partial charge in [-0.15, -0.1) is 0 Å². The Morgan fingerprint density at radius 2 is 1.96 bits per heavy atom. The number of hydrogen-bond donors (Lipinski definition) is 2. The fourth-order valence-electron chi connectivity index (χ4n) is 2.24. The van der Waals surface area contributed by atoms with Gasteiger partial charge in [0.1, 0.15) is 0 Å². The highest BCUT2D eigenvalue weighted by atomic mass is 35.5. The summed E-state index contributed by atoms with van der Waals surface area (Å²) in [5.74, 6) is -0.415. The van der Waals surface area contributed by atoms with E-state index in [-0.39, 0.29) is 12.5 Å². The number of urea groups is 1. The number of nitrogens with one attached hydrogen (secondary N) is 2. The zero-order valence-corrected chi connectivity index (χ0v) is 14.8. The summed E-state index contributed by atoms with van der Waals surface area (Å²) in [4.78, 5) is 28.2. The minimum absolute atomic E-state index is 0.0254. The number of amides is 2. The van der Waals surface area contributed by atoms with Gasteiger partial charge >= 0.3 is 12.0 Å². The number of nitrogens with zero attached hydrogens (tertiary/aromatic N) is 1. The maximum absolute atomic E-state index is 12.3. The van der Waals surface area contributed by atoms with Gasteiger partial charge in [-0.05, 0) is 37.6 Å². The van der Waals surface area contributed by atoms with Crippen LogP contribution in [0.15, 0.2) is 48.8 Å². The molecule has 1 heterocycles. The van der Waals surface area contributed by atoms with E-state index in [1.165, 1.54) is 6.20 Å². The summed E-state index contributed by atoms with van der Waals surface area (Å²) in [6.45, 7) is 3.54. The van der Waals surface area contributed by atoms with Gasteiger partial charge in [-0.1, -0.05) is 29.8 Å². The lowest BCUT2D eigenvalue weighted by Gasteiger charge is -2.20. The first kappa shape index (κ1) is 18.7. The molecule has 0 unspecified atom stereocenters. The van der Waals surface area contributed by atoms with E-state index in [9.17, 15) is 9.59 Å². The molecule has 1 aromatic carbocycles. The van der Waals surface area contributed by atoms with E-state index in [1.54, 1.807) is 56.4 Å². The van der Waals surface area contributed by atoms with Gasteiger partial charge in [-0.3, -0.25) is 9.78 Å². The first-order valence-corrected chi connectivity index (χ1v) is 8.25. The Balaban J connectivity index is 2.12. The van der Waals surface area contributed by atoms with Crippen LogP contribution in [0.25, 0.3) is 0 Å². The molecule has 7 heteroatoms. The van der Waals surface area contributed by atoms with Crippen molar-refractivity contribution < 1.29 is 14.3 Å². The number of carbonyl (C=O) groups is 2. The number of benzene rings is 1. The Hall–Kier alpha value is -2.60. The van der Waals surface area contributed by atoms with Crippen LogP contribution in [0.4, 0.5) is 10.5 Å². The smallest absolute Gasteiger partial charge is 0.319 e. The number of carbonyl (C=O) groups excluding carboxylic acids is 2. The van der Waals surface area contributed by atoms with E-state index in [0.29, 0.717) is 16.3 Å². The molecule has 1 aromatic heterocycles. The van der Waals surface area contributed by atoms with Crippen LogP contribution in [0, 0.1) is 0 Å². The lowest BCUT2D eigenvalue weighted by molar-refractivity contribution is -0.147. The van der Waals surface area contributed by atoms with Crippen molar-refractivity contribution in [3.05, 3.63) is 59.4 Å². The van der Waals surface area contributed by atoms with Crippen LogP contribution in [0.1, 0.15) is 31.9 Å². The lowest BCUT2D eigenvalue weighted by Crippen LogP contribution is -2.34. The van der Waals surface area contributed by atoms with Crippen molar-refractivity contribution >= 4 is 29.3 Å². The Labute approximate surface area is 151 Å². The van der Waals surface area contributed by atoms with Gasteiger partial charge < -0.3 is 15.4 Å². The molecule has 0 aliphatic rings. The standard InChI is InChI=1S/C18H20ClN3O3/c1-12(2)25-17(23)10-16(14-7-3-4-8-15(14)19)22-18(24)21-13-6-5-9-20-11-13/h3-9,11-12,16H,10H2,1-2H3,(H2,21,22,24)/t16-/m1/s1. The Morgan fingerprint density at radius 1 is 1.20 bits per heavy atom. The number of halogens is 1. The van der Waals surface area contributed by atoms with Crippen molar-refractivity contribution in [1.82, 2.24) is 10.3 Å². The Kier molecular flexibility index (Phi) is 6.77. The third-order valence-corrected chi connectivity index (χ3v) is 3.59. The molecule has 25 heavy (non-hydrogen) atoms. The molecule has 6 nitrogen and oxygen atoms in total. The molecule has 2 rings (SSSR count). The number of aromatic nitrogens is 1. The summed E-state index contributed by atoms with van der Waals surface area (Å²) in [7, 11) is 0. The summed E-state index contributed by atoms with van der Waals surface area (Å²) < 4.78 is 5.18. The van der Waals surface area contributed by atoms with Gasteiger partial charge in [0.05, 0.1) is 30.5 Å². The highest BCUT2D eigenvalue weighted by Crippen LogP contribution is 2.25. The Bertz CT molecular complexity index is 723. The fourth-order valence-corrected chi connectivity index (χ4v) is 2.50. The molecule has 2 aromatic rings. The van der Waals surface area contributed by atoms with E-state index >= 15 is 0 Å². The molecule has 0 saturated carbocycles. The molecule has 132 valence electrons. The summed E-state index contributed by atoms with van der Waals surface area (Å²) in [5.41, 5.74) is 1.19. The molecule has 0 fully saturated rings. The zero-order valence-electron chi connectivity index (χ0n) is 14.0. The average Bonchev–Trinajstić information content (AvgIpc) is 2.54. The third kappa shape index (κ3) is 6.08. The molecule has 2 amide bonds. The van der Waals surface area contributed by atoms with E-state index in [2.05, 4.69) is 15.6 Å². The monoisotopic (exact) mass is 361 g/mol. The van der Waals surface area contributed by atoms with E-state index in [0.717, 1.165) is 0 Å². The van der Waals surface area contributed by atoms with Crippen LogP contribution in [-0.2, 0) is 9.53 Å². The summed E-state index contributed by atoms with van der Waals surface area (Å²) in [6, 6.07) is 9.39. The van der Waals surface area contributed by atoms with Crippen LogP contribution in [0.2, 0.25) is 5.02 Å². The first-order valence-electron chi connectivity index (χ1n) is 7.87. The van der Waals surface area contributed by atoms with E-state index < -0.39 is 18.0 Å². The van der Waals surface area contributed by atoms with Crippen molar-refractivity contribution in [2.75, 3.05) is 5.32 Å². The summed E-state index contributed by atoms with van der Waals surface area (Å²) >= 11 is 6.22. The zero-order chi connectivity index (χ0) is 18.2. The molecular weight excluding hydrogens is 342 g/mol. The topological polar surface area (TPSA) is 80.3 Å². The van der Waals surface area contributed by atoms with Gasteiger partial charge in [0.15, 0.2) is 0 Å². The molecule has 0 spiro atoms. The van der Waals surface area contributed by atoms with Crippen molar-refractivity contribution in [2.45, 2.75) is 32.4 Å². The normalized spacial score (nSPS) is 11.7. The van der Waals surface area contributed by atoms with Gasteiger partial charge in [0.2, 0.25) is 0 Å². The van der Waals surface area contributed by atoms with E-state index in [1.807, 2.05) is 0 Å². The second-order valence-corrected chi connectivity index (χ2v) is 6.06. The molecule has 0 saturated heterocycles. The summed E-state index contributed by atoms with van der Waals surface area (Å²) in [6.07, 6.45) is 2.88. The highest BCUT2D eigenvalue weighted by Gasteiger charge is 2.22. The van der Waals surface area contributed by atoms with Gasteiger partial charge in [-0.2, -0.15) is 0 Å². The number of esters is 1. The van der Waals surface area contributed by atoms with Crippen LogP contribution < -0.4 is 10.6 Å². The maximum atomic E-state index is 12.3. The van der Waals surface area contributed by atoms with Crippen molar-refractivity contribution in [3.8, 4) is 0 Å². The number of rotatable bonds is 6. The predicted molar refractivity (Wildman–Crippen MR) is 96.4 cm³/mol. The number of anilines is 1. The number of hydrogen-bond acceptors (Lipinski definition) is 4. The largest absolute Gasteiger partial charge is 0.463 e. The number of ether oxygens (including phenoxy) is 1. The van der Waals surface area contributed by atoms with Gasteiger partial charge in [0, 0.05) is 11.2 Å². The quantitative estimate of drug-likeness (QED) is 0.764. The molecule has 0 bridgehead atoms. The minimum atomic E-state index is -0.614. The van der Waals surface area contributed by atoms with Crippen molar-refractivity contribution in [1.29, 1.82) is 0 Å². The molecule has 0 aliphatic carbocycles. The van der Waals surface area contributed by atoms with E-state index in [4.69, 9.17) is 16.3 Å². The minimum Gasteiger partial charge on any atom is -0.463 e. The van der Waals surface area contributed by atoms with Crippen LogP contribution in [0.5, 0.6) is 0 Å². The third-order valence-electron chi connectivity index (χ3n) is 3.24. The first-order chi connectivity index (χ1) is 12.0. The van der Waals surface area contributed by atoms with Gasteiger partial charge in [0.25, 0.3) is 0 Å². The lowest BCUT2D eigenvalue weighted by atomic mass is 10.0. The number of pyridine rings is 1. The molecule has 0 radical (unpaired) electrons. The highest BCUT2D eigenvalue weighted by molar-refractivity contribution is 6.31. The van der Waals surface area contributed by atoms with Crippen LogP contribution in [0.3, 0.4) is 0 Å². The second kappa shape index (κ2) is 9.03. The summed E-state index contributed by atoms with van der Waals surface area (Å²) in [5, 5.41) is 5.90. The molecule has 1 atom stereocenters. The Morgan fingerprint density at radius 3 is 2.60 bits per heavy atom. The van der Waals surface area contributed by atoms with Gasteiger partial charge in [-0.25, -0.2) is 4.79 Å². The van der Waals surface area contributed by atoms with Crippen LogP contribution in [-0.4, -0.2) is 23.1 Å². The molecule has 2 N–H and O–H groups in total. The SMILES string of the molecule is CC(C)OC(=O)C[C@@H](NC(=O)Nc1cccnc1)c1ccccc1Cl. The van der Waals surface area contributed by atoms with Crippen LogP contribution >= 0.6 is 11.6 Å². The second-order valence-electron chi connectivity index (χ2n) is 5.66. The predicted octanol–water partition coefficient (Wildman–Crippen LogP) is 3.94. The fraction of sp³-hybridized carbons (Fsp3) is 0.278. The van der Waals surface area contributed by atoms with Crippen molar-refractivity contribution in [2.24, 2.45) is 0 Å². The maximum Gasteiger partial charge on any atom is 0.319 e. The average molecular weight is 362 g/mol. The molecular formula is C18H20ClN3O3.